The van der Waals surface area contributed by atoms with Crippen molar-refractivity contribution in [2.45, 2.75) is 63.4 Å². The summed E-state index contributed by atoms with van der Waals surface area (Å²) in [6.07, 6.45) is 5.47. The van der Waals surface area contributed by atoms with Crippen LogP contribution in [0.3, 0.4) is 0 Å². The highest BCUT2D eigenvalue weighted by molar-refractivity contribution is 5.28. The van der Waals surface area contributed by atoms with Crippen molar-refractivity contribution in [1.82, 2.24) is 9.80 Å². The lowest BCUT2D eigenvalue weighted by Crippen LogP contribution is -2.51. The van der Waals surface area contributed by atoms with Crippen LogP contribution in [0, 0.1) is 6.92 Å². The first-order valence-electron chi connectivity index (χ1n) is 12.3. The largest absolute Gasteiger partial charge is 0.389 e. The molecule has 1 N–H and O–H groups in total. The Morgan fingerprint density at radius 1 is 0.806 bits per heavy atom. The van der Waals surface area contributed by atoms with Crippen LogP contribution < -0.4 is 0 Å². The zero-order chi connectivity index (χ0) is 21.7. The number of aliphatic hydroxyl groups is 1. The summed E-state index contributed by atoms with van der Waals surface area (Å²) in [6, 6.07) is 19.7. The second-order valence-corrected chi connectivity index (χ2v) is 10.0. The van der Waals surface area contributed by atoms with E-state index in [0.717, 1.165) is 65.0 Å². The summed E-state index contributed by atoms with van der Waals surface area (Å²) in [7, 11) is 0. The maximum Gasteiger partial charge on any atom is 0.0728 e. The van der Waals surface area contributed by atoms with Crippen molar-refractivity contribution in [3.8, 4) is 0 Å². The molecule has 168 valence electrons. The first kappa shape index (κ1) is 22.5. The molecule has 0 amide bonds. The fraction of sp³-hybridized carbons (Fsp3) is 0.571. The number of benzene rings is 2. The van der Waals surface area contributed by atoms with Crippen LogP contribution in [0.25, 0.3) is 0 Å². The lowest BCUT2D eigenvalue weighted by molar-refractivity contribution is -0.0343. The normalized spacial score (nSPS) is 22.2. The molecule has 0 aromatic heterocycles. The molecule has 0 spiro atoms. The molecule has 4 rings (SSSR count). The van der Waals surface area contributed by atoms with Crippen LogP contribution in [0.2, 0.25) is 0 Å². The Balaban J connectivity index is 1.38. The van der Waals surface area contributed by atoms with Crippen molar-refractivity contribution in [3.05, 3.63) is 71.3 Å². The van der Waals surface area contributed by atoms with E-state index in [4.69, 9.17) is 0 Å². The number of piperazine rings is 1. The van der Waals surface area contributed by atoms with Crippen molar-refractivity contribution in [2.24, 2.45) is 0 Å². The molecule has 1 heterocycles. The third kappa shape index (κ3) is 5.77. The second kappa shape index (κ2) is 10.3. The Morgan fingerprint density at radius 3 is 2.06 bits per heavy atom. The summed E-state index contributed by atoms with van der Waals surface area (Å²) >= 11 is 0. The van der Waals surface area contributed by atoms with E-state index in [1.807, 2.05) is 0 Å². The summed E-state index contributed by atoms with van der Waals surface area (Å²) in [6.45, 7) is 11.0. The van der Waals surface area contributed by atoms with E-state index in [2.05, 4.69) is 78.2 Å². The third-order valence-corrected chi connectivity index (χ3v) is 7.62. The summed E-state index contributed by atoms with van der Waals surface area (Å²) in [5.74, 6) is 0.776. The molecule has 1 saturated heterocycles. The van der Waals surface area contributed by atoms with Gasteiger partial charge in [-0.15, -0.1) is 0 Å². The first-order valence-corrected chi connectivity index (χ1v) is 12.3. The van der Waals surface area contributed by atoms with E-state index in [-0.39, 0.29) is 5.92 Å². The van der Waals surface area contributed by atoms with Crippen LogP contribution >= 0.6 is 0 Å². The molecule has 2 unspecified atom stereocenters. The minimum atomic E-state index is -0.551. The smallest absolute Gasteiger partial charge is 0.0728 e. The van der Waals surface area contributed by atoms with Crippen LogP contribution in [0.1, 0.15) is 67.6 Å². The Hall–Kier alpha value is -1.68. The van der Waals surface area contributed by atoms with E-state index in [0.29, 0.717) is 5.92 Å². The predicted molar refractivity (Wildman–Crippen MR) is 130 cm³/mol. The minimum Gasteiger partial charge on any atom is -0.389 e. The van der Waals surface area contributed by atoms with Gasteiger partial charge >= 0.3 is 0 Å². The van der Waals surface area contributed by atoms with Crippen molar-refractivity contribution in [2.75, 3.05) is 39.3 Å². The average Bonchev–Trinajstić information content (AvgIpc) is 2.79. The van der Waals surface area contributed by atoms with Gasteiger partial charge in [0.1, 0.15) is 0 Å². The van der Waals surface area contributed by atoms with E-state index >= 15 is 0 Å². The molecule has 3 heteroatoms. The Bertz CT molecular complexity index is 807. The second-order valence-electron chi connectivity index (χ2n) is 10.0. The van der Waals surface area contributed by atoms with Gasteiger partial charge in [0.2, 0.25) is 0 Å². The highest BCUT2D eigenvalue weighted by Crippen LogP contribution is 2.40. The Labute approximate surface area is 189 Å². The number of hydrogen-bond acceptors (Lipinski definition) is 3. The molecule has 1 aliphatic carbocycles. The topological polar surface area (TPSA) is 26.7 Å². The number of nitrogens with zero attached hydrogens (tertiary/aromatic N) is 2. The molecule has 1 saturated carbocycles. The van der Waals surface area contributed by atoms with Gasteiger partial charge in [-0.1, -0.05) is 86.3 Å². The van der Waals surface area contributed by atoms with Crippen LogP contribution in [-0.2, 0) is 0 Å². The van der Waals surface area contributed by atoms with Gasteiger partial charge in [0.15, 0.2) is 0 Å². The van der Waals surface area contributed by atoms with Crippen molar-refractivity contribution in [3.63, 3.8) is 0 Å². The van der Waals surface area contributed by atoms with Crippen LogP contribution in [0.4, 0.5) is 0 Å². The van der Waals surface area contributed by atoms with Crippen LogP contribution in [0.5, 0.6) is 0 Å². The van der Waals surface area contributed by atoms with E-state index in [9.17, 15) is 5.11 Å². The highest BCUT2D eigenvalue weighted by atomic mass is 16.3. The molecular formula is C28H40N2O. The highest BCUT2D eigenvalue weighted by Gasteiger charge is 2.40. The average molecular weight is 421 g/mol. The molecular weight excluding hydrogens is 380 g/mol. The van der Waals surface area contributed by atoms with Gasteiger partial charge in [0.25, 0.3) is 0 Å². The van der Waals surface area contributed by atoms with Crippen LogP contribution in [-0.4, -0.2) is 59.8 Å². The summed E-state index contributed by atoms with van der Waals surface area (Å²) in [4.78, 5) is 5.22. The van der Waals surface area contributed by atoms with E-state index in [1.54, 1.807) is 0 Å². The minimum absolute atomic E-state index is 0.211. The summed E-state index contributed by atoms with van der Waals surface area (Å²) in [5.41, 5.74) is 3.50. The van der Waals surface area contributed by atoms with E-state index < -0.39 is 5.60 Å². The van der Waals surface area contributed by atoms with Gasteiger partial charge < -0.3 is 14.9 Å². The number of aryl methyl sites for hydroxylation is 1. The van der Waals surface area contributed by atoms with Crippen LogP contribution in [0.15, 0.2) is 54.6 Å². The Kier molecular flexibility index (Phi) is 7.47. The lowest BCUT2D eigenvalue weighted by Gasteiger charge is -2.44. The quantitative estimate of drug-likeness (QED) is 0.667. The molecule has 2 aliphatic rings. The standard InChI is InChI=1S/C28H40N2O/c1-23-10-9-13-26(20-23)27(28(31)14-7-4-8-15-28)22-30-18-16-29(17-19-30)21-24(2)25-11-5-3-6-12-25/h3,5-6,9-13,20,24,27,31H,4,7-8,14-19,21-22H2,1-2H3. The zero-order valence-electron chi connectivity index (χ0n) is 19.5. The van der Waals surface area contributed by atoms with Crippen molar-refractivity contribution >= 4 is 0 Å². The first-order chi connectivity index (χ1) is 15.0. The molecule has 2 fully saturated rings. The van der Waals surface area contributed by atoms with Gasteiger partial charge in [-0.2, -0.15) is 0 Å². The summed E-state index contributed by atoms with van der Waals surface area (Å²) < 4.78 is 0. The van der Waals surface area contributed by atoms with Gasteiger partial charge in [-0.3, -0.25) is 0 Å². The monoisotopic (exact) mass is 420 g/mol. The van der Waals surface area contributed by atoms with Gasteiger partial charge in [-0.05, 0) is 36.8 Å². The Morgan fingerprint density at radius 2 is 1.42 bits per heavy atom. The SMILES string of the molecule is Cc1cccc(C(CN2CCN(CC(C)c3ccccc3)CC2)C2(O)CCCCC2)c1. The molecule has 0 bridgehead atoms. The molecule has 3 nitrogen and oxygen atoms in total. The fourth-order valence-electron chi connectivity index (χ4n) is 5.67. The molecule has 2 atom stereocenters. The predicted octanol–water partition coefficient (Wildman–Crippen LogP) is 5.20. The van der Waals surface area contributed by atoms with Gasteiger partial charge in [-0.25, -0.2) is 0 Å². The van der Waals surface area contributed by atoms with Gasteiger partial charge in [0.05, 0.1) is 5.60 Å². The number of rotatable bonds is 7. The maximum atomic E-state index is 11.7. The molecule has 2 aromatic carbocycles. The zero-order valence-corrected chi connectivity index (χ0v) is 19.5. The fourth-order valence-corrected chi connectivity index (χ4v) is 5.67. The molecule has 31 heavy (non-hydrogen) atoms. The van der Waals surface area contributed by atoms with Crippen molar-refractivity contribution in [1.29, 1.82) is 0 Å². The van der Waals surface area contributed by atoms with Gasteiger partial charge in [0, 0.05) is 45.2 Å². The summed E-state index contributed by atoms with van der Waals surface area (Å²) in [5, 5.41) is 11.7. The van der Waals surface area contributed by atoms with Crippen molar-refractivity contribution < 1.29 is 5.11 Å². The lowest BCUT2D eigenvalue weighted by atomic mass is 9.72. The molecule has 2 aromatic rings. The maximum absolute atomic E-state index is 11.7. The molecule has 0 radical (unpaired) electrons. The number of hydrogen-bond donors (Lipinski definition) is 1. The van der Waals surface area contributed by atoms with E-state index in [1.165, 1.54) is 23.1 Å². The molecule has 1 aliphatic heterocycles. The third-order valence-electron chi connectivity index (χ3n) is 7.62.